The van der Waals surface area contributed by atoms with Crippen molar-refractivity contribution in [3.63, 3.8) is 0 Å². The van der Waals surface area contributed by atoms with Gasteiger partial charge >= 0.3 is 9.36 Å². The van der Waals surface area contributed by atoms with Crippen LogP contribution in [-0.2, 0) is 4.43 Å². The molecule has 4 nitrogen and oxygen atoms in total. The van der Waals surface area contributed by atoms with Gasteiger partial charge in [-0.15, -0.1) is 0 Å². The summed E-state index contributed by atoms with van der Waals surface area (Å²) in [4.78, 5) is 7.91. The van der Waals surface area contributed by atoms with E-state index in [4.69, 9.17) is 4.43 Å². The van der Waals surface area contributed by atoms with Crippen molar-refractivity contribution >= 4 is 9.36 Å². The van der Waals surface area contributed by atoms with Crippen molar-refractivity contribution in [1.82, 2.24) is 15.3 Å². The zero-order valence-electron chi connectivity index (χ0n) is 17.0. The predicted molar refractivity (Wildman–Crippen MR) is 110 cm³/mol. The van der Waals surface area contributed by atoms with E-state index in [-0.39, 0.29) is 0 Å². The van der Waals surface area contributed by atoms with Gasteiger partial charge in [0.15, 0.2) is 0 Å². The minimum atomic E-state index is -1.56. The number of hydrogen-bond acceptors (Lipinski definition) is 4. The molecule has 0 heterocycles. The summed E-state index contributed by atoms with van der Waals surface area (Å²) < 4.78 is 6.38. The van der Waals surface area contributed by atoms with E-state index in [0.29, 0.717) is 12.1 Å². The molecular weight excluding hydrogens is 326 g/mol. The van der Waals surface area contributed by atoms with Crippen LogP contribution in [0.1, 0.15) is 85.0 Å². The second-order valence-corrected chi connectivity index (χ2v) is 10.2. The average molecular weight is 370 g/mol. The Balaban J connectivity index is 1.79. The van der Waals surface area contributed by atoms with E-state index in [1.54, 1.807) is 0 Å². The lowest BCUT2D eigenvalue weighted by Gasteiger charge is -2.36. The van der Waals surface area contributed by atoms with Gasteiger partial charge in [0.25, 0.3) is 0 Å². The molecular formula is C20H43N3OSi. The first-order chi connectivity index (χ1) is 12.2. The molecule has 3 N–H and O–H groups in total. The normalized spacial score (nSPS) is 31.8. The molecule has 0 aromatic rings. The molecule has 2 aliphatic carbocycles. The molecule has 0 radical (unpaired) electrons. The Morgan fingerprint density at radius 1 is 0.840 bits per heavy atom. The van der Waals surface area contributed by atoms with E-state index in [0.717, 1.165) is 31.5 Å². The van der Waals surface area contributed by atoms with E-state index in [2.05, 4.69) is 36.1 Å². The fourth-order valence-electron chi connectivity index (χ4n) is 4.34. The van der Waals surface area contributed by atoms with E-state index < -0.39 is 9.36 Å². The molecule has 0 amide bonds. The summed E-state index contributed by atoms with van der Waals surface area (Å²) in [6.07, 6.45) is 13.5. The summed E-state index contributed by atoms with van der Waals surface area (Å²) in [6.45, 7) is 10.0. The van der Waals surface area contributed by atoms with Gasteiger partial charge in [-0.25, -0.2) is 0 Å². The molecule has 2 rings (SSSR count). The molecule has 2 aliphatic rings. The predicted octanol–water partition coefficient (Wildman–Crippen LogP) is 3.45. The minimum absolute atomic E-state index is 0.657. The maximum atomic E-state index is 6.38. The number of rotatable bonds is 11. The third-order valence-electron chi connectivity index (χ3n) is 6.22. The molecule has 0 saturated heterocycles. The van der Waals surface area contributed by atoms with Gasteiger partial charge < -0.3 is 19.7 Å². The topological polar surface area (TPSA) is 45.3 Å². The molecule has 148 valence electrons. The summed E-state index contributed by atoms with van der Waals surface area (Å²) in [6, 6.07) is 1.31. The largest absolute Gasteiger partial charge is 0.393 e. The van der Waals surface area contributed by atoms with Crippen molar-refractivity contribution < 1.29 is 4.43 Å². The maximum absolute atomic E-state index is 6.38. The first kappa shape index (κ1) is 21.4. The third-order valence-corrected chi connectivity index (χ3v) is 8.26. The summed E-state index contributed by atoms with van der Waals surface area (Å²) in [7, 11) is -1.56. The van der Waals surface area contributed by atoms with Crippen LogP contribution >= 0.6 is 0 Å². The van der Waals surface area contributed by atoms with E-state index >= 15 is 0 Å². The first-order valence-electron chi connectivity index (χ1n) is 11.0. The quantitative estimate of drug-likeness (QED) is 0.386. The van der Waals surface area contributed by atoms with Crippen LogP contribution in [0.15, 0.2) is 0 Å². The van der Waals surface area contributed by atoms with Crippen molar-refractivity contribution in [2.75, 3.05) is 19.7 Å². The Labute approximate surface area is 158 Å². The van der Waals surface area contributed by atoms with Gasteiger partial charge in [-0.1, -0.05) is 52.9 Å². The highest BCUT2D eigenvalue weighted by molar-refractivity contribution is 6.46. The van der Waals surface area contributed by atoms with Crippen molar-refractivity contribution in [3.8, 4) is 0 Å². The Morgan fingerprint density at radius 3 is 1.92 bits per heavy atom. The fourth-order valence-corrected chi connectivity index (χ4v) is 6.75. The molecule has 4 atom stereocenters. The Bertz CT molecular complexity index is 321. The molecule has 25 heavy (non-hydrogen) atoms. The van der Waals surface area contributed by atoms with Gasteiger partial charge in [-0.3, -0.25) is 0 Å². The van der Waals surface area contributed by atoms with E-state index in [9.17, 15) is 0 Å². The lowest BCUT2D eigenvalue weighted by molar-refractivity contribution is 0.241. The smallest absolute Gasteiger partial charge is 0.335 e. The van der Waals surface area contributed by atoms with Gasteiger partial charge in [0.2, 0.25) is 0 Å². The lowest BCUT2D eigenvalue weighted by Crippen LogP contribution is -2.60. The minimum Gasteiger partial charge on any atom is -0.393 e. The lowest BCUT2D eigenvalue weighted by atomic mass is 9.87. The zero-order chi connectivity index (χ0) is 17.9. The second kappa shape index (κ2) is 12.4. The van der Waals surface area contributed by atoms with Crippen LogP contribution in [0.2, 0.25) is 0 Å². The van der Waals surface area contributed by atoms with Crippen LogP contribution in [0, 0.1) is 11.8 Å². The van der Waals surface area contributed by atoms with Gasteiger partial charge in [0.05, 0.1) is 0 Å². The van der Waals surface area contributed by atoms with Crippen molar-refractivity contribution in [2.45, 2.75) is 97.1 Å². The zero-order valence-corrected chi connectivity index (χ0v) is 18.1. The number of nitrogens with one attached hydrogen (secondary N) is 3. The monoisotopic (exact) mass is 369 g/mol. The highest BCUT2D eigenvalue weighted by Gasteiger charge is 2.29. The summed E-state index contributed by atoms with van der Waals surface area (Å²) >= 11 is 0. The molecule has 0 bridgehead atoms. The van der Waals surface area contributed by atoms with Crippen molar-refractivity contribution in [3.05, 3.63) is 0 Å². The fraction of sp³-hybridized carbons (Fsp3) is 1.00. The van der Waals surface area contributed by atoms with Crippen LogP contribution in [0.3, 0.4) is 0 Å². The molecule has 0 aliphatic heterocycles. The molecule has 0 spiro atoms. The third kappa shape index (κ3) is 8.08. The number of unbranched alkanes of at least 4 members (excludes halogenated alkanes) is 1. The Hall–Kier alpha value is 0.0569. The Morgan fingerprint density at radius 2 is 1.40 bits per heavy atom. The van der Waals surface area contributed by atoms with E-state index in [1.165, 1.54) is 64.2 Å². The molecule has 2 saturated carbocycles. The Kier molecular flexibility index (Phi) is 10.6. The average Bonchev–Trinajstić information content (AvgIpc) is 2.61. The summed E-state index contributed by atoms with van der Waals surface area (Å²) in [5, 5.41) is 3.51. The standard InChI is InChI=1S/C20H43N3OSi/c1-4-5-14-21-15-16-24-25(22-19-12-8-6-10-17(19)2)23-20-13-9-7-11-18(20)3/h17-23,25H,4-16H2,1-3H3. The van der Waals surface area contributed by atoms with Gasteiger partial charge in [-0.2, -0.15) is 0 Å². The van der Waals surface area contributed by atoms with Crippen molar-refractivity contribution in [1.29, 1.82) is 0 Å². The van der Waals surface area contributed by atoms with E-state index in [1.807, 2.05) is 0 Å². The van der Waals surface area contributed by atoms with Crippen LogP contribution in [0.5, 0.6) is 0 Å². The first-order valence-corrected chi connectivity index (χ1v) is 12.7. The molecule has 5 heteroatoms. The van der Waals surface area contributed by atoms with Gasteiger partial charge in [0, 0.05) is 25.2 Å². The second-order valence-electron chi connectivity index (χ2n) is 8.42. The molecule has 0 aromatic carbocycles. The molecule has 4 unspecified atom stereocenters. The highest BCUT2D eigenvalue weighted by Crippen LogP contribution is 2.25. The summed E-state index contributed by atoms with van der Waals surface area (Å²) in [5.41, 5.74) is 0. The number of hydrogen-bond donors (Lipinski definition) is 3. The van der Waals surface area contributed by atoms with Crippen molar-refractivity contribution in [2.24, 2.45) is 11.8 Å². The van der Waals surface area contributed by atoms with Crippen LogP contribution in [0.25, 0.3) is 0 Å². The van der Waals surface area contributed by atoms with Gasteiger partial charge in [-0.05, 0) is 50.5 Å². The highest BCUT2D eigenvalue weighted by atomic mass is 28.3. The SMILES string of the molecule is CCCCNCCO[SiH](NC1CCCCC1C)NC1CCCCC1C. The molecule has 2 fully saturated rings. The summed E-state index contributed by atoms with van der Waals surface area (Å²) in [5.74, 6) is 1.58. The molecule has 0 aromatic heterocycles. The van der Waals surface area contributed by atoms with Gasteiger partial charge in [0.1, 0.15) is 0 Å². The van der Waals surface area contributed by atoms with Crippen LogP contribution < -0.4 is 15.3 Å². The maximum Gasteiger partial charge on any atom is 0.335 e. The van der Waals surface area contributed by atoms with Crippen LogP contribution in [-0.4, -0.2) is 41.1 Å². The van der Waals surface area contributed by atoms with Crippen LogP contribution in [0.4, 0.5) is 0 Å².